The predicted molar refractivity (Wildman–Crippen MR) is 79.9 cm³/mol. The van der Waals surface area contributed by atoms with E-state index in [4.69, 9.17) is 0 Å². The minimum atomic E-state index is 1.31. The monoisotopic (exact) mass is 274 g/mol. The molecule has 3 aromatic heterocycles. The number of hydrogen-bond acceptors (Lipinski definition) is 3. The van der Waals surface area contributed by atoms with Gasteiger partial charge in [-0.3, -0.25) is 0 Å². The Labute approximate surface area is 113 Å². The van der Waals surface area contributed by atoms with Crippen molar-refractivity contribution in [2.45, 2.75) is 0 Å². The van der Waals surface area contributed by atoms with Crippen LogP contribution in [0.2, 0.25) is 0 Å². The maximum Gasteiger partial charge on any atom is 0.0357 e. The van der Waals surface area contributed by atoms with E-state index >= 15 is 0 Å². The van der Waals surface area contributed by atoms with Crippen molar-refractivity contribution in [3.05, 3.63) is 67.2 Å². The molecular formula is C14H10S3. The molecule has 84 valence electrons. The Morgan fingerprint density at radius 3 is 1.82 bits per heavy atom. The second-order valence-corrected chi connectivity index (χ2v) is 6.40. The van der Waals surface area contributed by atoms with Gasteiger partial charge in [0, 0.05) is 20.2 Å². The van der Waals surface area contributed by atoms with Crippen LogP contribution >= 0.6 is 34.0 Å². The Balaban J connectivity index is 2.09. The van der Waals surface area contributed by atoms with E-state index in [9.17, 15) is 0 Å². The normalized spacial score (nSPS) is 10.4. The molecule has 0 nitrogen and oxygen atoms in total. The van der Waals surface area contributed by atoms with E-state index in [0.717, 1.165) is 0 Å². The Hall–Kier alpha value is -1.16. The molecule has 0 amide bonds. The van der Waals surface area contributed by atoms with Crippen molar-refractivity contribution in [3.63, 3.8) is 0 Å². The average Bonchev–Trinajstić information content (AvgIpc) is 3.09. The molecule has 0 aliphatic heterocycles. The molecule has 0 aromatic carbocycles. The van der Waals surface area contributed by atoms with Gasteiger partial charge in [-0.1, -0.05) is 18.2 Å². The van der Waals surface area contributed by atoms with Crippen molar-refractivity contribution in [1.82, 2.24) is 0 Å². The lowest BCUT2D eigenvalue weighted by molar-refractivity contribution is 1.81. The summed E-state index contributed by atoms with van der Waals surface area (Å²) in [6.07, 6.45) is 2.28. The molecule has 0 radical (unpaired) electrons. The molecule has 0 saturated heterocycles. The Bertz CT molecular complexity index is 548. The van der Waals surface area contributed by atoms with Crippen LogP contribution in [0, 0.1) is 0 Å². The molecule has 0 atom stereocenters. The van der Waals surface area contributed by atoms with Crippen LogP contribution in [0.15, 0.2) is 52.5 Å². The van der Waals surface area contributed by atoms with E-state index in [0.29, 0.717) is 0 Å². The van der Waals surface area contributed by atoms with Gasteiger partial charge in [0.15, 0.2) is 0 Å². The maximum absolute atomic E-state index is 2.28. The molecule has 0 bridgehead atoms. The van der Waals surface area contributed by atoms with Crippen molar-refractivity contribution >= 4 is 45.7 Å². The molecule has 3 rings (SSSR count). The number of thiophene rings is 3. The van der Waals surface area contributed by atoms with Crippen LogP contribution < -0.4 is 0 Å². The highest BCUT2D eigenvalue weighted by Gasteiger charge is 2.07. The van der Waals surface area contributed by atoms with Crippen LogP contribution in [0.4, 0.5) is 0 Å². The topological polar surface area (TPSA) is 0 Å². The van der Waals surface area contributed by atoms with Gasteiger partial charge in [-0.25, -0.2) is 0 Å². The van der Waals surface area contributed by atoms with Crippen LogP contribution in [-0.4, -0.2) is 0 Å². The summed E-state index contributed by atoms with van der Waals surface area (Å²) < 4.78 is 0. The molecule has 17 heavy (non-hydrogen) atoms. The van der Waals surface area contributed by atoms with E-state index in [2.05, 4.69) is 58.6 Å². The van der Waals surface area contributed by atoms with Gasteiger partial charge >= 0.3 is 0 Å². The first-order chi connectivity index (χ1) is 8.43. The number of hydrogen-bond donors (Lipinski definition) is 0. The minimum Gasteiger partial charge on any atom is -0.144 e. The Morgan fingerprint density at radius 2 is 1.35 bits per heavy atom. The molecule has 3 heteroatoms. The SMILES string of the molecule is C(=C(c1cccs1)c1cccs1)c1cccs1. The highest BCUT2D eigenvalue weighted by Crippen LogP contribution is 2.32. The maximum atomic E-state index is 2.28. The first-order valence-corrected chi connectivity index (χ1v) is 7.90. The fourth-order valence-corrected chi connectivity index (χ4v) is 3.88. The summed E-state index contributed by atoms with van der Waals surface area (Å²) in [5, 5.41) is 6.38. The van der Waals surface area contributed by atoms with E-state index < -0.39 is 0 Å². The van der Waals surface area contributed by atoms with E-state index in [-0.39, 0.29) is 0 Å². The molecular weight excluding hydrogens is 264 g/mol. The molecule has 0 unspecified atom stereocenters. The van der Waals surface area contributed by atoms with Gasteiger partial charge in [-0.15, -0.1) is 34.0 Å². The largest absolute Gasteiger partial charge is 0.144 e. The van der Waals surface area contributed by atoms with Gasteiger partial charge in [0.2, 0.25) is 0 Å². The summed E-state index contributed by atoms with van der Waals surface area (Å²) in [6, 6.07) is 12.8. The molecule has 0 aliphatic carbocycles. The zero-order chi connectivity index (χ0) is 11.5. The summed E-state index contributed by atoms with van der Waals surface area (Å²) in [6.45, 7) is 0. The van der Waals surface area contributed by atoms with Gasteiger partial charge in [-0.05, 0) is 40.4 Å². The van der Waals surface area contributed by atoms with Gasteiger partial charge in [0.25, 0.3) is 0 Å². The minimum absolute atomic E-state index is 1.31. The third-order valence-electron chi connectivity index (χ3n) is 2.40. The van der Waals surface area contributed by atoms with Gasteiger partial charge in [0.05, 0.1) is 0 Å². The molecule has 3 aromatic rings. The second-order valence-electron chi connectivity index (χ2n) is 3.53. The Kier molecular flexibility index (Phi) is 3.22. The molecule has 0 fully saturated rings. The summed E-state index contributed by atoms with van der Waals surface area (Å²) in [7, 11) is 0. The fourth-order valence-electron chi connectivity index (χ4n) is 1.64. The zero-order valence-corrected chi connectivity index (χ0v) is 11.4. The molecule has 0 aliphatic rings. The van der Waals surface area contributed by atoms with Gasteiger partial charge < -0.3 is 0 Å². The summed E-state index contributed by atoms with van der Waals surface area (Å²) in [4.78, 5) is 3.98. The summed E-state index contributed by atoms with van der Waals surface area (Å²) >= 11 is 5.37. The third kappa shape index (κ3) is 2.41. The van der Waals surface area contributed by atoms with Gasteiger partial charge in [-0.2, -0.15) is 0 Å². The van der Waals surface area contributed by atoms with Crippen molar-refractivity contribution in [3.8, 4) is 0 Å². The third-order valence-corrected chi connectivity index (χ3v) is 5.03. The Morgan fingerprint density at radius 1 is 0.765 bits per heavy atom. The van der Waals surface area contributed by atoms with Crippen molar-refractivity contribution in [2.24, 2.45) is 0 Å². The smallest absolute Gasteiger partial charge is 0.0357 e. The lowest BCUT2D eigenvalue weighted by atomic mass is 10.1. The zero-order valence-electron chi connectivity index (χ0n) is 9.00. The molecule has 3 heterocycles. The summed E-state index contributed by atoms with van der Waals surface area (Å²) in [5.74, 6) is 0. The average molecular weight is 274 g/mol. The van der Waals surface area contributed by atoms with Crippen LogP contribution in [0.25, 0.3) is 11.6 Å². The fraction of sp³-hybridized carbons (Fsp3) is 0. The van der Waals surface area contributed by atoms with E-state index in [1.54, 1.807) is 34.0 Å². The lowest BCUT2D eigenvalue weighted by Gasteiger charge is -2.01. The van der Waals surface area contributed by atoms with Crippen molar-refractivity contribution in [1.29, 1.82) is 0 Å². The van der Waals surface area contributed by atoms with Crippen LogP contribution in [-0.2, 0) is 0 Å². The predicted octanol–water partition coefficient (Wildman–Crippen LogP) is 5.46. The van der Waals surface area contributed by atoms with Gasteiger partial charge in [0.1, 0.15) is 0 Å². The lowest BCUT2D eigenvalue weighted by Crippen LogP contribution is -1.78. The van der Waals surface area contributed by atoms with Crippen LogP contribution in [0.5, 0.6) is 0 Å². The molecule has 0 N–H and O–H groups in total. The quantitative estimate of drug-likeness (QED) is 0.595. The first kappa shape index (κ1) is 11.0. The van der Waals surface area contributed by atoms with E-state index in [1.807, 2.05) is 0 Å². The van der Waals surface area contributed by atoms with E-state index in [1.165, 1.54) is 20.2 Å². The highest BCUT2D eigenvalue weighted by molar-refractivity contribution is 7.14. The van der Waals surface area contributed by atoms with Crippen molar-refractivity contribution < 1.29 is 0 Å². The van der Waals surface area contributed by atoms with Crippen LogP contribution in [0.3, 0.4) is 0 Å². The second kappa shape index (κ2) is 5.00. The highest BCUT2D eigenvalue weighted by atomic mass is 32.1. The van der Waals surface area contributed by atoms with Crippen LogP contribution in [0.1, 0.15) is 14.6 Å². The standard InChI is InChI=1S/C14H10S3/c1-4-11(15-7-1)10-12(13-5-2-8-16-13)14-6-3-9-17-14/h1-10H. The molecule has 0 saturated carbocycles. The first-order valence-electron chi connectivity index (χ1n) is 5.26. The number of rotatable bonds is 3. The summed E-state index contributed by atoms with van der Waals surface area (Å²) in [5.41, 5.74) is 1.33. The van der Waals surface area contributed by atoms with Crippen molar-refractivity contribution in [2.75, 3.05) is 0 Å². The molecule has 0 spiro atoms.